The lowest BCUT2D eigenvalue weighted by atomic mass is 10.1. The Kier molecular flexibility index (Phi) is 2.88. The van der Waals surface area contributed by atoms with E-state index in [1.54, 1.807) is 12.1 Å². The van der Waals surface area contributed by atoms with Crippen LogP contribution in [0.25, 0.3) is 10.4 Å². The highest BCUT2D eigenvalue weighted by Crippen LogP contribution is 2.35. The molecule has 0 aliphatic carbocycles. The van der Waals surface area contributed by atoms with Gasteiger partial charge < -0.3 is 5.11 Å². The number of halogens is 1. The third-order valence-corrected chi connectivity index (χ3v) is 3.89. The van der Waals surface area contributed by atoms with Gasteiger partial charge in [0, 0.05) is 14.9 Å². The second kappa shape index (κ2) is 4.16. The summed E-state index contributed by atoms with van der Waals surface area (Å²) in [5.41, 5.74) is 1.09. The molecule has 0 fully saturated rings. The molecule has 0 saturated carbocycles. The number of hydrogen-bond acceptors (Lipinski definition) is 2. The summed E-state index contributed by atoms with van der Waals surface area (Å²) in [7, 11) is 0. The Balaban J connectivity index is 2.63. The van der Waals surface area contributed by atoms with Crippen molar-refractivity contribution in [2.75, 3.05) is 0 Å². The number of thiophene rings is 1. The van der Waals surface area contributed by atoms with Gasteiger partial charge in [-0.2, -0.15) is 0 Å². The van der Waals surface area contributed by atoms with E-state index in [-0.39, 0.29) is 0 Å². The Morgan fingerprint density at radius 2 is 2.00 bits per heavy atom. The van der Waals surface area contributed by atoms with E-state index in [1.807, 2.05) is 23.6 Å². The van der Waals surface area contributed by atoms with Crippen LogP contribution < -0.4 is 0 Å². The molecular weight excluding hydrogens is 276 g/mol. The van der Waals surface area contributed by atoms with Crippen LogP contribution >= 0.6 is 27.3 Å². The minimum Gasteiger partial charge on any atom is -0.478 e. The molecule has 1 aromatic carbocycles. The fraction of sp³-hybridized carbons (Fsp3) is 0. The van der Waals surface area contributed by atoms with E-state index in [4.69, 9.17) is 5.11 Å². The standard InChI is InChI=1S/C11H7BrO2S/c12-9-5-6-15-10(9)7-3-1-2-4-8(7)11(13)14/h1-6H,(H,13,14). The first-order chi connectivity index (χ1) is 7.20. The Labute approximate surface area is 99.3 Å². The van der Waals surface area contributed by atoms with Crippen LogP contribution in [0.2, 0.25) is 0 Å². The van der Waals surface area contributed by atoms with E-state index in [9.17, 15) is 4.79 Å². The highest BCUT2D eigenvalue weighted by Gasteiger charge is 2.13. The van der Waals surface area contributed by atoms with Gasteiger partial charge in [-0.25, -0.2) is 4.79 Å². The average Bonchev–Trinajstić information content (AvgIpc) is 2.64. The van der Waals surface area contributed by atoms with Crippen LogP contribution in [0.15, 0.2) is 40.2 Å². The number of carboxylic acid groups (broad SMARTS) is 1. The lowest BCUT2D eigenvalue weighted by Crippen LogP contribution is -1.98. The summed E-state index contributed by atoms with van der Waals surface area (Å²) in [4.78, 5) is 12.0. The molecular formula is C11H7BrO2S. The van der Waals surface area contributed by atoms with Gasteiger partial charge in [-0.15, -0.1) is 11.3 Å². The van der Waals surface area contributed by atoms with Crippen molar-refractivity contribution < 1.29 is 9.90 Å². The molecule has 1 heterocycles. The van der Waals surface area contributed by atoms with Crippen LogP contribution in [0.4, 0.5) is 0 Å². The third kappa shape index (κ3) is 1.96. The molecule has 0 unspecified atom stereocenters. The van der Waals surface area contributed by atoms with Crippen molar-refractivity contribution in [3.63, 3.8) is 0 Å². The van der Waals surface area contributed by atoms with Gasteiger partial charge in [0.1, 0.15) is 0 Å². The molecule has 0 aliphatic heterocycles. The van der Waals surface area contributed by atoms with E-state index < -0.39 is 5.97 Å². The van der Waals surface area contributed by atoms with E-state index in [2.05, 4.69) is 15.9 Å². The molecule has 76 valence electrons. The molecule has 2 rings (SSSR count). The van der Waals surface area contributed by atoms with Gasteiger partial charge in [-0.3, -0.25) is 0 Å². The van der Waals surface area contributed by atoms with Crippen molar-refractivity contribution in [1.29, 1.82) is 0 Å². The maximum atomic E-state index is 11.0. The van der Waals surface area contributed by atoms with Crippen LogP contribution in [0.3, 0.4) is 0 Å². The SMILES string of the molecule is O=C(O)c1ccccc1-c1sccc1Br. The summed E-state index contributed by atoms with van der Waals surface area (Å²) < 4.78 is 0.932. The molecule has 15 heavy (non-hydrogen) atoms. The maximum absolute atomic E-state index is 11.0. The van der Waals surface area contributed by atoms with E-state index >= 15 is 0 Å². The van der Waals surface area contributed by atoms with Crippen molar-refractivity contribution >= 4 is 33.2 Å². The summed E-state index contributed by atoms with van der Waals surface area (Å²) in [5.74, 6) is -0.897. The molecule has 0 atom stereocenters. The summed E-state index contributed by atoms with van der Waals surface area (Å²) >= 11 is 4.93. The monoisotopic (exact) mass is 282 g/mol. The lowest BCUT2D eigenvalue weighted by molar-refractivity contribution is 0.0698. The minimum absolute atomic E-state index is 0.334. The predicted octanol–water partition coefficient (Wildman–Crippen LogP) is 3.88. The van der Waals surface area contributed by atoms with Gasteiger partial charge in [-0.1, -0.05) is 18.2 Å². The molecule has 4 heteroatoms. The average molecular weight is 283 g/mol. The van der Waals surface area contributed by atoms with Gasteiger partial charge in [0.2, 0.25) is 0 Å². The normalized spacial score (nSPS) is 10.2. The minimum atomic E-state index is -0.897. The smallest absolute Gasteiger partial charge is 0.336 e. The van der Waals surface area contributed by atoms with Crippen molar-refractivity contribution in [1.82, 2.24) is 0 Å². The van der Waals surface area contributed by atoms with Crippen LogP contribution in [0.5, 0.6) is 0 Å². The largest absolute Gasteiger partial charge is 0.478 e. The Morgan fingerprint density at radius 3 is 2.60 bits per heavy atom. The fourth-order valence-electron chi connectivity index (χ4n) is 1.35. The molecule has 1 aromatic heterocycles. The fourth-order valence-corrected chi connectivity index (χ4v) is 2.98. The Hall–Kier alpha value is -1.13. The lowest BCUT2D eigenvalue weighted by Gasteiger charge is -2.03. The maximum Gasteiger partial charge on any atom is 0.336 e. The summed E-state index contributed by atoms with van der Waals surface area (Å²) in [6, 6.07) is 8.92. The molecule has 0 spiro atoms. The molecule has 0 saturated heterocycles. The van der Waals surface area contributed by atoms with E-state index in [0.29, 0.717) is 5.56 Å². The molecule has 0 bridgehead atoms. The van der Waals surface area contributed by atoms with Crippen LogP contribution in [-0.2, 0) is 0 Å². The number of rotatable bonds is 2. The van der Waals surface area contributed by atoms with Gasteiger partial charge in [-0.05, 0) is 33.4 Å². The number of carboxylic acids is 1. The topological polar surface area (TPSA) is 37.3 Å². The molecule has 2 aromatic rings. The Morgan fingerprint density at radius 1 is 1.27 bits per heavy atom. The number of aromatic carboxylic acids is 1. The van der Waals surface area contributed by atoms with E-state index in [1.165, 1.54) is 11.3 Å². The van der Waals surface area contributed by atoms with Crippen molar-refractivity contribution in [2.24, 2.45) is 0 Å². The molecule has 0 radical (unpaired) electrons. The van der Waals surface area contributed by atoms with Crippen LogP contribution in [-0.4, -0.2) is 11.1 Å². The summed E-state index contributed by atoms with van der Waals surface area (Å²) in [5, 5.41) is 11.0. The third-order valence-electron chi connectivity index (χ3n) is 2.02. The van der Waals surface area contributed by atoms with Crippen LogP contribution in [0.1, 0.15) is 10.4 Å². The van der Waals surface area contributed by atoms with Gasteiger partial charge in [0.25, 0.3) is 0 Å². The summed E-state index contributed by atoms with van der Waals surface area (Å²) in [6.07, 6.45) is 0. The van der Waals surface area contributed by atoms with E-state index in [0.717, 1.165) is 14.9 Å². The zero-order valence-electron chi connectivity index (χ0n) is 7.61. The second-order valence-corrected chi connectivity index (χ2v) is 4.72. The zero-order valence-corrected chi connectivity index (χ0v) is 10.0. The van der Waals surface area contributed by atoms with Gasteiger partial charge >= 0.3 is 5.97 Å². The Bertz CT molecular complexity index is 505. The molecule has 2 nitrogen and oxygen atoms in total. The molecule has 0 amide bonds. The van der Waals surface area contributed by atoms with Crippen LogP contribution in [0, 0.1) is 0 Å². The molecule has 1 N–H and O–H groups in total. The van der Waals surface area contributed by atoms with Crippen molar-refractivity contribution in [3.8, 4) is 10.4 Å². The van der Waals surface area contributed by atoms with Gasteiger partial charge in [0.15, 0.2) is 0 Å². The second-order valence-electron chi connectivity index (χ2n) is 2.95. The number of carbonyl (C=O) groups is 1. The zero-order chi connectivity index (χ0) is 10.8. The highest BCUT2D eigenvalue weighted by molar-refractivity contribution is 9.10. The van der Waals surface area contributed by atoms with Gasteiger partial charge in [0.05, 0.1) is 5.56 Å². The summed E-state index contributed by atoms with van der Waals surface area (Å²) in [6.45, 7) is 0. The first-order valence-corrected chi connectivity index (χ1v) is 5.93. The highest BCUT2D eigenvalue weighted by atomic mass is 79.9. The quantitative estimate of drug-likeness (QED) is 0.908. The first-order valence-electron chi connectivity index (χ1n) is 4.26. The molecule has 0 aliphatic rings. The first kappa shape index (κ1) is 10.4. The predicted molar refractivity (Wildman–Crippen MR) is 64.4 cm³/mol. The number of hydrogen-bond donors (Lipinski definition) is 1. The van der Waals surface area contributed by atoms with Crippen molar-refractivity contribution in [3.05, 3.63) is 45.7 Å². The number of benzene rings is 1. The van der Waals surface area contributed by atoms with Crippen molar-refractivity contribution in [2.45, 2.75) is 0 Å².